The molecule has 10 nitrogen and oxygen atoms in total. The van der Waals surface area contributed by atoms with Gasteiger partial charge in [0.2, 0.25) is 5.91 Å². The normalized spacial score (nSPS) is 13.4. The molecule has 248 valence electrons. The van der Waals surface area contributed by atoms with Crippen LogP contribution in [0.4, 0.5) is 11.4 Å². The first kappa shape index (κ1) is 33.5. The van der Waals surface area contributed by atoms with Gasteiger partial charge in [-0.15, -0.1) is 0 Å². The monoisotopic (exact) mass is 639 g/mol. The number of anilines is 2. The SMILES string of the molecule is COc1cc(C(=O)N(C)c2ccc(C)cc2OCCCCCC(=O)N2CCN(C)CC2)ccc1NC(=O)c1cccc2[nH]c(C)cc12. The van der Waals surface area contributed by atoms with Crippen molar-refractivity contribution in [1.82, 2.24) is 14.8 Å². The number of benzene rings is 3. The van der Waals surface area contributed by atoms with Gasteiger partial charge in [-0.1, -0.05) is 12.1 Å². The number of unbranched alkanes of at least 4 members (excludes halogenated alkanes) is 2. The fourth-order valence-electron chi connectivity index (χ4n) is 5.88. The van der Waals surface area contributed by atoms with Gasteiger partial charge in [0.15, 0.2) is 0 Å². The number of aromatic nitrogens is 1. The van der Waals surface area contributed by atoms with Crippen molar-refractivity contribution >= 4 is 40.0 Å². The fourth-order valence-corrected chi connectivity index (χ4v) is 5.88. The van der Waals surface area contributed by atoms with Gasteiger partial charge in [-0.25, -0.2) is 0 Å². The molecule has 0 radical (unpaired) electrons. The maximum absolute atomic E-state index is 13.7. The highest BCUT2D eigenvalue weighted by atomic mass is 16.5. The summed E-state index contributed by atoms with van der Waals surface area (Å²) in [6.45, 7) is 7.89. The van der Waals surface area contributed by atoms with Crippen LogP contribution in [0.25, 0.3) is 10.9 Å². The van der Waals surface area contributed by atoms with E-state index in [2.05, 4.69) is 22.2 Å². The third kappa shape index (κ3) is 8.13. The molecular formula is C37H45N5O5. The van der Waals surface area contributed by atoms with Gasteiger partial charge in [0.25, 0.3) is 11.8 Å². The summed E-state index contributed by atoms with van der Waals surface area (Å²) in [5.74, 6) is 0.717. The van der Waals surface area contributed by atoms with Crippen molar-refractivity contribution in [3.8, 4) is 11.5 Å². The summed E-state index contributed by atoms with van der Waals surface area (Å²) in [4.78, 5) is 48.5. The first-order valence-electron chi connectivity index (χ1n) is 16.2. The molecular weight excluding hydrogens is 594 g/mol. The van der Waals surface area contributed by atoms with E-state index in [-0.39, 0.29) is 17.7 Å². The van der Waals surface area contributed by atoms with Crippen molar-refractivity contribution in [3.05, 3.63) is 83.0 Å². The molecule has 1 aliphatic heterocycles. The van der Waals surface area contributed by atoms with E-state index in [0.29, 0.717) is 47.0 Å². The second-order valence-electron chi connectivity index (χ2n) is 12.3. The Bertz CT molecular complexity index is 1740. The highest BCUT2D eigenvalue weighted by Gasteiger charge is 2.21. The van der Waals surface area contributed by atoms with Gasteiger partial charge in [-0.2, -0.15) is 0 Å². The lowest BCUT2D eigenvalue weighted by Gasteiger charge is -2.32. The third-order valence-corrected chi connectivity index (χ3v) is 8.67. The van der Waals surface area contributed by atoms with Gasteiger partial charge < -0.3 is 34.5 Å². The minimum atomic E-state index is -0.271. The summed E-state index contributed by atoms with van der Waals surface area (Å²) in [5, 5.41) is 3.77. The average molecular weight is 640 g/mol. The minimum Gasteiger partial charge on any atom is -0.495 e. The first-order chi connectivity index (χ1) is 22.6. The summed E-state index contributed by atoms with van der Waals surface area (Å²) in [6, 6.07) is 18.2. The number of ether oxygens (including phenoxy) is 2. The maximum Gasteiger partial charge on any atom is 0.258 e. The number of hydrogen-bond donors (Lipinski definition) is 2. The predicted molar refractivity (Wildman–Crippen MR) is 186 cm³/mol. The van der Waals surface area contributed by atoms with E-state index in [1.54, 1.807) is 36.2 Å². The van der Waals surface area contributed by atoms with Crippen LogP contribution in [0.2, 0.25) is 0 Å². The molecule has 0 aliphatic carbocycles. The van der Waals surface area contributed by atoms with Gasteiger partial charge in [-0.3, -0.25) is 14.4 Å². The standard InChI is InChI=1S/C37H45N5O5/c1-25-13-16-32(34(22-25)47-21-8-6-7-12-35(43)42-19-17-40(3)18-20-42)41(4)37(45)27-14-15-31(33(24-27)46-5)39-36(44)28-10-9-11-30-29(28)23-26(2)38-30/h9-11,13-16,22-24,38H,6-8,12,17-21H2,1-5H3,(H,39,44). The molecule has 1 fully saturated rings. The molecule has 1 saturated heterocycles. The van der Waals surface area contributed by atoms with Crippen LogP contribution in [0.5, 0.6) is 11.5 Å². The number of aryl methyl sites for hydroxylation is 2. The number of fused-ring (bicyclic) bond motifs is 1. The van der Waals surface area contributed by atoms with Crippen molar-refractivity contribution < 1.29 is 23.9 Å². The number of aromatic amines is 1. The van der Waals surface area contributed by atoms with Crippen molar-refractivity contribution in [2.45, 2.75) is 39.5 Å². The lowest BCUT2D eigenvalue weighted by Crippen LogP contribution is -2.47. The molecule has 0 bridgehead atoms. The Morgan fingerprint density at radius 3 is 2.47 bits per heavy atom. The van der Waals surface area contributed by atoms with E-state index in [1.807, 2.05) is 55.1 Å². The molecule has 0 saturated carbocycles. The molecule has 0 spiro atoms. The zero-order valence-corrected chi connectivity index (χ0v) is 28.0. The Kier molecular flexibility index (Phi) is 10.8. The quantitative estimate of drug-likeness (QED) is 0.183. The summed E-state index contributed by atoms with van der Waals surface area (Å²) in [7, 11) is 5.30. The molecule has 5 rings (SSSR count). The van der Waals surface area contributed by atoms with E-state index in [4.69, 9.17) is 9.47 Å². The van der Waals surface area contributed by atoms with Crippen molar-refractivity contribution in [1.29, 1.82) is 0 Å². The van der Waals surface area contributed by atoms with Crippen LogP contribution in [0.1, 0.15) is 57.7 Å². The fraction of sp³-hybridized carbons (Fsp3) is 0.378. The number of H-pyrrole nitrogens is 1. The van der Waals surface area contributed by atoms with E-state index >= 15 is 0 Å². The second kappa shape index (κ2) is 15.2. The Morgan fingerprint density at radius 2 is 1.70 bits per heavy atom. The van der Waals surface area contributed by atoms with Gasteiger partial charge in [0, 0.05) is 67.4 Å². The van der Waals surface area contributed by atoms with Crippen LogP contribution in [0, 0.1) is 13.8 Å². The molecule has 0 atom stereocenters. The van der Waals surface area contributed by atoms with Crippen LogP contribution in [0.15, 0.2) is 60.7 Å². The summed E-state index contributed by atoms with van der Waals surface area (Å²) in [5.41, 5.74) is 4.94. The van der Waals surface area contributed by atoms with Gasteiger partial charge >= 0.3 is 0 Å². The number of likely N-dealkylation sites (N-methyl/N-ethyl adjacent to an activating group) is 1. The maximum atomic E-state index is 13.7. The second-order valence-corrected chi connectivity index (χ2v) is 12.3. The number of carbonyl (C=O) groups excluding carboxylic acids is 3. The van der Waals surface area contributed by atoms with Crippen LogP contribution in [0.3, 0.4) is 0 Å². The summed E-state index contributed by atoms with van der Waals surface area (Å²) in [6.07, 6.45) is 3.08. The molecule has 2 N–H and O–H groups in total. The zero-order valence-electron chi connectivity index (χ0n) is 28.0. The average Bonchev–Trinajstić information content (AvgIpc) is 3.46. The van der Waals surface area contributed by atoms with Crippen LogP contribution in [-0.4, -0.2) is 86.5 Å². The van der Waals surface area contributed by atoms with Crippen LogP contribution in [-0.2, 0) is 4.79 Å². The number of piperazine rings is 1. The third-order valence-electron chi connectivity index (χ3n) is 8.67. The molecule has 3 amide bonds. The topological polar surface area (TPSA) is 107 Å². The summed E-state index contributed by atoms with van der Waals surface area (Å²) < 4.78 is 11.8. The highest BCUT2D eigenvalue weighted by Crippen LogP contribution is 2.32. The Hall–Kier alpha value is -4.83. The highest BCUT2D eigenvalue weighted by molar-refractivity contribution is 6.13. The van der Waals surface area contributed by atoms with Crippen LogP contribution < -0.4 is 19.7 Å². The molecule has 2 heterocycles. The Balaban J connectivity index is 1.19. The van der Waals surface area contributed by atoms with Crippen molar-refractivity contribution in [3.63, 3.8) is 0 Å². The largest absolute Gasteiger partial charge is 0.495 e. The number of nitrogens with zero attached hydrogens (tertiary/aromatic N) is 3. The van der Waals surface area contributed by atoms with Crippen molar-refractivity contribution in [2.75, 3.05) is 64.2 Å². The molecule has 4 aromatic rings. The zero-order chi connectivity index (χ0) is 33.5. The molecule has 10 heteroatoms. The van der Waals surface area contributed by atoms with E-state index in [0.717, 1.165) is 67.6 Å². The molecule has 1 aromatic heterocycles. The number of methoxy groups -OCH3 is 1. The van der Waals surface area contributed by atoms with Crippen LogP contribution >= 0.6 is 0 Å². The minimum absolute atomic E-state index is 0.233. The van der Waals surface area contributed by atoms with Gasteiger partial charge in [0.05, 0.1) is 25.1 Å². The molecule has 47 heavy (non-hydrogen) atoms. The number of amides is 3. The van der Waals surface area contributed by atoms with Gasteiger partial charge in [-0.05, 0) is 94.3 Å². The number of carbonyl (C=O) groups is 3. The summed E-state index contributed by atoms with van der Waals surface area (Å²) >= 11 is 0. The van der Waals surface area contributed by atoms with E-state index in [9.17, 15) is 14.4 Å². The number of rotatable bonds is 12. The first-order valence-corrected chi connectivity index (χ1v) is 16.2. The lowest BCUT2D eigenvalue weighted by atomic mass is 10.1. The Morgan fingerprint density at radius 1 is 0.915 bits per heavy atom. The van der Waals surface area contributed by atoms with E-state index < -0.39 is 0 Å². The van der Waals surface area contributed by atoms with E-state index in [1.165, 1.54) is 7.11 Å². The number of nitrogens with one attached hydrogen (secondary N) is 2. The lowest BCUT2D eigenvalue weighted by molar-refractivity contribution is -0.132. The predicted octanol–water partition coefficient (Wildman–Crippen LogP) is 6.04. The van der Waals surface area contributed by atoms with Gasteiger partial charge in [0.1, 0.15) is 11.5 Å². The molecule has 3 aromatic carbocycles. The molecule has 1 aliphatic rings. The number of hydrogen-bond acceptors (Lipinski definition) is 6. The Labute approximate surface area is 276 Å². The molecule has 0 unspecified atom stereocenters. The van der Waals surface area contributed by atoms with Crippen molar-refractivity contribution in [2.24, 2.45) is 0 Å². The smallest absolute Gasteiger partial charge is 0.258 e.